The number of likely N-dealkylation sites (tertiary alicyclic amines) is 1. The predicted octanol–water partition coefficient (Wildman–Crippen LogP) is 1.16. The number of benzene rings is 1. The fourth-order valence-electron chi connectivity index (χ4n) is 4.14. The molecule has 1 aromatic carbocycles. The molecular weight excluding hydrogens is 360 g/mol. The Morgan fingerprint density at radius 3 is 2.61 bits per heavy atom. The maximum atomic E-state index is 13.2. The summed E-state index contributed by atoms with van der Waals surface area (Å²) < 4.78 is 0. The maximum Gasteiger partial charge on any atom is 0.303 e. The van der Waals surface area contributed by atoms with Crippen molar-refractivity contribution in [2.75, 3.05) is 20.1 Å². The molecule has 0 bridgehead atoms. The maximum absolute atomic E-state index is 13.2. The van der Waals surface area contributed by atoms with Gasteiger partial charge in [-0.25, -0.2) is 4.99 Å². The third-order valence-corrected chi connectivity index (χ3v) is 5.63. The van der Waals surface area contributed by atoms with Gasteiger partial charge in [0.2, 0.25) is 5.91 Å². The average molecular weight is 386 g/mol. The predicted molar refractivity (Wildman–Crippen MR) is 103 cm³/mol. The molecule has 2 amide bonds. The van der Waals surface area contributed by atoms with Crippen molar-refractivity contribution in [3.8, 4) is 0 Å². The van der Waals surface area contributed by atoms with Crippen LogP contribution >= 0.6 is 0 Å². The van der Waals surface area contributed by atoms with Crippen LogP contribution in [-0.4, -0.2) is 58.8 Å². The van der Waals surface area contributed by atoms with Gasteiger partial charge in [0.05, 0.1) is 0 Å². The second kappa shape index (κ2) is 8.00. The van der Waals surface area contributed by atoms with Crippen LogP contribution in [0.4, 0.5) is 0 Å². The molecule has 2 aliphatic heterocycles. The number of carboxylic acids is 1. The number of likely N-dealkylation sites (N-methyl/N-ethyl adjacent to an activating group) is 1. The Morgan fingerprint density at radius 1 is 1.29 bits per heavy atom. The zero-order chi connectivity index (χ0) is 20.3. The molecule has 0 aromatic heterocycles. The minimum atomic E-state index is -1.12. The van der Waals surface area contributed by atoms with E-state index in [1.165, 1.54) is 4.90 Å². The Bertz CT molecular complexity index is 795. The first-order valence-electron chi connectivity index (χ1n) is 9.55. The Balaban J connectivity index is 1.85. The Labute approximate surface area is 164 Å². The molecule has 150 valence electrons. The van der Waals surface area contributed by atoms with Crippen LogP contribution in [0.5, 0.6) is 0 Å². The molecule has 28 heavy (non-hydrogen) atoms. The number of aliphatic imine (C=N–C) groups is 1. The van der Waals surface area contributed by atoms with Crippen LogP contribution in [0.2, 0.25) is 0 Å². The van der Waals surface area contributed by atoms with E-state index in [9.17, 15) is 14.4 Å². The van der Waals surface area contributed by atoms with Crippen LogP contribution in [0.1, 0.15) is 37.7 Å². The summed E-state index contributed by atoms with van der Waals surface area (Å²) in [7, 11) is 1.61. The molecule has 2 unspecified atom stereocenters. The summed E-state index contributed by atoms with van der Waals surface area (Å²) in [6.07, 6.45) is 1.99. The number of carboxylic acid groups (broad SMARTS) is 1. The van der Waals surface area contributed by atoms with Crippen LogP contribution in [-0.2, 0) is 19.9 Å². The normalized spacial score (nSPS) is 25.0. The van der Waals surface area contributed by atoms with E-state index >= 15 is 0 Å². The topological polar surface area (TPSA) is 116 Å². The van der Waals surface area contributed by atoms with Gasteiger partial charge in [0.25, 0.3) is 5.91 Å². The molecular formula is C20H26N4O4. The first-order chi connectivity index (χ1) is 13.4. The monoisotopic (exact) mass is 386 g/mol. The van der Waals surface area contributed by atoms with Crippen molar-refractivity contribution in [3.63, 3.8) is 0 Å². The number of nitrogens with two attached hydrogens (primary N) is 1. The van der Waals surface area contributed by atoms with Crippen molar-refractivity contribution in [2.45, 2.75) is 37.6 Å². The second-order valence-corrected chi connectivity index (χ2v) is 7.39. The molecule has 1 saturated heterocycles. The van der Waals surface area contributed by atoms with E-state index in [0.717, 1.165) is 18.4 Å². The third kappa shape index (κ3) is 3.58. The first kappa shape index (κ1) is 19.9. The van der Waals surface area contributed by atoms with Gasteiger partial charge in [-0.1, -0.05) is 30.3 Å². The number of carbonyl (C=O) groups is 3. The minimum Gasteiger partial charge on any atom is -0.481 e. The van der Waals surface area contributed by atoms with E-state index < -0.39 is 11.5 Å². The summed E-state index contributed by atoms with van der Waals surface area (Å²) in [5.41, 5.74) is 5.65. The number of piperidine rings is 1. The van der Waals surface area contributed by atoms with Crippen LogP contribution in [0.15, 0.2) is 35.3 Å². The molecule has 8 heteroatoms. The molecule has 0 spiro atoms. The highest BCUT2D eigenvalue weighted by Gasteiger charge is 2.54. The SMILES string of the molecule is CN1C(=O)C(c2ccccc2)(C2CCCN(C(=O)CCCC(=O)O)C2)N=C1N. The molecule has 3 rings (SSSR count). The molecule has 3 N–H and O–H groups in total. The van der Waals surface area contributed by atoms with Gasteiger partial charge in [0.1, 0.15) is 0 Å². The van der Waals surface area contributed by atoms with E-state index in [0.29, 0.717) is 19.5 Å². The minimum absolute atomic E-state index is 0.0267. The lowest BCUT2D eigenvalue weighted by atomic mass is 9.74. The van der Waals surface area contributed by atoms with E-state index in [4.69, 9.17) is 10.8 Å². The van der Waals surface area contributed by atoms with E-state index in [2.05, 4.69) is 4.99 Å². The molecule has 1 aromatic rings. The van der Waals surface area contributed by atoms with Crippen LogP contribution in [0, 0.1) is 5.92 Å². The van der Waals surface area contributed by atoms with Crippen molar-refractivity contribution in [1.29, 1.82) is 0 Å². The number of carbonyl (C=O) groups excluding carboxylic acids is 2. The number of aliphatic carboxylic acids is 1. The zero-order valence-electron chi connectivity index (χ0n) is 16.0. The van der Waals surface area contributed by atoms with Crippen LogP contribution < -0.4 is 5.73 Å². The number of hydrogen-bond acceptors (Lipinski definition) is 5. The standard InChI is InChI=1S/C20H26N4O4/c1-23-18(28)20(22-19(23)21,14-7-3-2-4-8-14)15-9-6-12-24(13-15)16(25)10-5-11-17(26)27/h2-4,7-8,15H,5-6,9-13H2,1H3,(H2,21,22)(H,26,27). The average Bonchev–Trinajstić information content (AvgIpc) is 2.93. The number of guanidine groups is 1. The summed E-state index contributed by atoms with van der Waals surface area (Å²) in [6, 6.07) is 9.37. The highest BCUT2D eigenvalue weighted by molar-refractivity contribution is 6.07. The number of amides is 2. The van der Waals surface area contributed by atoms with Gasteiger partial charge in [-0.2, -0.15) is 0 Å². The molecule has 1 fully saturated rings. The van der Waals surface area contributed by atoms with Crippen LogP contribution in [0.25, 0.3) is 0 Å². The van der Waals surface area contributed by atoms with Gasteiger partial charge in [0, 0.05) is 38.9 Å². The molecule has 0 radical (unpaired) electrons. The fourth-order valence-corrected chi connectivity index (χ4v) is 4.14. The van der Waals surface area contributed by atoms with Gasteiger partial charge < -0.3 is 15.7 Å². The van der Waals surface area contributed by atoms with Crippen molar-refractivity contribution < 1.29 is 19.5 Å². The summed E-state index contributed by atoms with van der Waals surface area (Å²) in [5, 5.41) is 8.77. The van der Waals surface area contributed by atoms with Crippen molar-refractivity contribution in [1.82, 2.24) is 9.80 Å². The van der Waals surface area contributed by atoms with Crippen molar-refractivity contribution in [2.24, 2.45) is 16.6 Å². The van der Waals surface area contributed by atoms with E-state index in [1.54, 1.807) is 11.9 Å². The lowest BCUT2D eigenvalue weighted by molar-refractivity contribution is -0.139. The fraction of sp³-hybridized carbons (Fsp3) is 0.500. The highest BCUT2D eigenvalue weighted by atomic mass is 16.4. The quantitative estimate of drug-likeness (QED) is 0.761. The lowest BCUT2D eigenvalue weighted by Crippen LogP contribution is -2.51. The van der Waals surface area contributed by atoms with Crippen molar-refractivity contribution >= 4 is 23.7 Å². The Hall–Kier alpha value is -2.90. The lowest BCUT2D eigenvalue weighted by Gasteiger charge is -2.40. The zero-order valence-corrected chi connectivity index (χ0v) is 16.0. The molecule has 0 saturated carbocycles. The van der Waals surface area contributed by atoms with Gasteiger partial charge in [-0.3, -0.25) is 19.3 Å². The largest absolute Gasteiger partial charge is 0.481 e. The van der Waals surface area contributed by atoms with E-state index in [-0.39, 0.29) is 36.5 Å². The Morgan fingerprint density at radius 2 is 2.00 bits per heavy atom. The van der Waals surface area contributed by atoms with Crippen LogP contribution in [0.3, 0.4) is 0 Å². The molecule has 2 aliphatic rings. The van der Waals surface area contributed by atoms with Gasteiger partial charge >= 0.3 is 5.97 Å². The number of hydrogen-bond donors (Lipinski definition) is 2. The number of rotatable bonds is 6. The molecule has 0 aliphatic carbocycles. The second-order valence-electron chi connectivity index (χ2n) is 7.39. The van der Waals surface area contributed by atoms with E-state index in [1.807, 2.05) is 30.3 Å². The molecule has 2 heterocycles. The highest BCUT2D eigenvalue weighted by Crippen LogP contribution is 2.43. The summed E-state index contributed by atoms with van der Waals surface area (Å²) in [5.74, 6) is -1.18. The third-order valence-electron chi connectivity index (χ3n) is 5.63. The Kier molecular flexibility index (Phi) is 5.67. The van der Waals surface area contributed by atoms with Crippen molar-refractivity contribution in [3.05, 3.63) is 35.9 Å². The smallest absolute Gasteiger partial charge is 0.303 e. The van der Waals surface area contributed by atoms with Gasteiger partial charge in [0.15, 0.2) is 11.5 Å². The first-order valence-corrected chi connectivity index (χ1v) is 9.55. The summed E-state index contributed by atoms with van der Waals surface area (Å²) in [6.45, 7) is 1.01. The van der Waals surface area contributed by atoms with Gasteiger partial charge in [-0.15, -0.1) is 0 Å². The summed E-state index contributed by atoms with van der Waals surface area (Å²) in [4.78, 5) is 44.2. The van der Waals surface area contributed by atoms with Gasteiger partial charge in [-0.05, 0) is 24.8 Å². The summed E-state index contributed by atoms with van der Waals surface area (Å²) >= 11 is 0. The molecule has 2 atom stereocenters. The molecule has 8 nitrogen and oxygen atoms in total. The number of nitrogens with zero attached hydrogens (tertiary/aromatic N) is 3.